The van der Waals surface area contributed by atoms with Gasteiger partial charge in [0.05, 0.1) is 0 Å². The van der Waals surface area contributed by atoms with E-state index in [0.29, 0.717) is 13.1 Å². The highest BCUT2D eigenvalue weighted by Crippen LogP contribution is 2.38. The summed E-state index contributed by atoms with van der Waals surface area (Å²) in [6.45, 7) is 0.249. The maximum Gasteiger partial charge on any atom is 0.422 e. The van der Waals surface area contributed by atoms with Crippen LogP contribution in [0.15, 0.2) is 84.9 Å². The fourth-order valence-electron chi connectivity index (χ4n) is 3.19. The zero-order valence-corrected chi connectivity index (χ0v) is 15.8. The molecule has 0 aliphatic carbocycles. The van der Waals surface area contributed by atoms with E-state index in [9.17, 15) is 18.3 Å². The molecule has 0 aliphatic rings. The van der Waals surface area contributed by atoms with Gasteiger partial charge in [0.25, 0.3) is 0 Å². The van der Waals surface area contributed by atoms with Gasteiger partial charge in [-0.1, -0.05) is 72.8 Å². The van der Waals surface area contributed by atoms with Gasteiger partial charge >= 0.3 is 6.18 Å². The number of hydrogen-bond donors (Lipinski definition) is 2. The molecule has 29 heavy (non-hydrogen) atoms. The molecule has 3 aromatic rings. The minimum Gasteiger partial charge on any atom is -0.375 e. The van der Waals surface area contributed by atoms with Crippen LogP contribution in [0.1, 0.15) is 16.7 Å². The summed E-state index contributed by atoms with van der Waals surface area (Å²) < 4.78 is 39.9. The Hall–Kier alpha value is -2.83. The summed E-state index contributed by atoms with van der Waals surface area (Å²) in [6, 6.07) is 25.4. The van der Waals surface area contributed by atoms with Crippen molar-refractivity contribution in [2.45, 2.75) is 24.9 Å². The maximum atomic E-state index is 13.3. The second-order valence-corrected chi connectivity index (χ2v) is 6.94. The molecule has 0 fully saturated rings. The molecule has 3 rings (SSSR count). The number of hydrogen-bond acceptors (Lipinski definition) is 3. The smallest absolute Gasteiger partial charge is 0.375 e. The predicted octanol–water partition coefficient (Wildman–Crippen LogP) is 4.60. The Labute approximate surface area is 168 Å². The van der Waals surface area contributed by atoms with Crippen LogP contribution in [0.3, 0.4) is 0 Å². The van der Waals surface area contributed by atoms with Crippen LogP contribution in [-0.4, -0.2) is 17.8 Å². The number of nitrogens with two attached hydrogens (primary N) is 1. The highest BCUT2D eigenvalue weighted by atomic mass is 19.4. The van der Waals surface area contributed by atoms with Gasteiger partial charge in [0.15, 0.2) is 5.60 Å². The molecule has 3 aromatic carbocycles. The van der Waals surface area contributed by atoms with Crippen LogP contribution in [0, 0.1) is 0 Å². The van der Waals surface area contributed by atoms with Crippen LogP contribution < -0.4 is 10.6 Å². The molecule has 0 aromatic heterocycles. The Kier molecular flexibility index (Phi) is 6.25. The van der Waals surface area contributed by atoms with Crippen molar-refractivity contribution in [2.75, 3.05) is 11.4 Å². The first kappa shape index (κ1) is 20.9. The third kappa shape index (κ3) is 4.78. The van der Waals surface area contributed by atoms with Gasteiger partial charge in [-0.15, -0.1) is 0 Å². The van der Waals surface area contributed by atoms with E-state index in [1.54, 1.807) is 12.1 Å². The van der Waals surface area contributed by atoms with Crippen LogP contribution in [0.5, 0.6) is 0 Å². The number of halogens is 3. The second kappa shape index (κ2) is 8.68. The van der Waals surface area contributed by atoms with Crippen LogP contribution in [-0.2, 0) is 18.7 Å². The molecule has 1 atom stereocenters. The molecule has 0 bridgehead atoms. The number of benzene rings is 3. The number of aliphatic hydroxyl groups is 1. The highest BCUT2D eigenvalue weighted by Gasteiger charge is 2.54. The molecule has 0 heterocycles. The van der Waals surface area contributed by atoms with Crippen molar-refractivity contribution in [3.8, 4) is 0 Å². The summed E-state index contributed by atoms with van der Waals surface area (Å²) in [5.41, 5.74) is 4.84. The van der Waals surface area contributed by atoms with Crippen LogP contribution in [0.25, 0.3) is 0 Å². The molecule has 3 N–H and O–H groups in total. The maximum absolute atomic E-state index is 13.3. The average Bonchev–Trinajstić information content (AvgIpc) is 2.73. The average molecular weight is 400 g/mol. The fraction of sp³-hybridized carbons (Fsp3) is 0.217. The van der Waals surface area contributed by atoms with Crippen molar-refractivity contribution in [1.29, 1.82) is 0 Å². The lowest BCUT2D eigenvalue weighted by atomic mass is 9.93. The van der Waals surface area contributed by atoms with Gasteiger partial charge in [-0.05, 0) is 28.8 Å². The normalized spacial score (nSPS) is 13.7. The monoisotopic (exact) mass is 400 g/mol. The number of alkyl halides is 3. The summed E-state index contributed by atoms with van der Waals surface area (Å²) in [7, 11) is 0. The van der Waals surface area contributed by atoms with Gasteiger partial charge in [-0.25, -0.2) is 0 Å². The zero-order chi connectivity index (χ0) is 20.9. The molecule has 0 saturated carbocycles. The van der Waals surface area contributed by atoms with Gasteiger partial charge < -0.3 is 15.7 Å². The number of anilines is 1. The van der Waals surface area contributed by atoms with Crippen LogP contribution >= 0.6 is 0 Å². The van der Waals surface area contributed by atoms with Gasteiger partial charge in [0.1, 0.15) is 0 Å². The molecule has 0 radical (unpaired) electrons. The van der Waals surface area contributed by atoms with E-state index >= 15 is 0 Å². The summed E-state index contributed by atoms with van der Waals surface area (Å²) in [4.78, 5) is 2.07. The molecule has 0 spiro atoms. The van der Waals surface area contributed by atoms with Gasteiger partial charge in [0, 0.05) is 25.3 Å². The Balaban J connectivity index is 1.91. The van der Waals surface area contributed by atoms with E-state index in [4.69, 9.17) is 5.73 Å². The summed E-state index contributed by atoms with van der Waals surface area (Å²) in [5, 5.41) is 10.1. The Morgan fingerprint density at radius 2 is 1.17 bits per heavy atom. The molecule has 152 valence electrons. The Bertz CT molecular complexity index is 857. The number of rotatable bonds is 7. The van der Waals surface area contributed by atoms with E-state index in [0.717, 1.165) is 16.8 Å². The van der Waals surface area contributed by atoms with Gasteiger partial charge in [0.2, 0.25) is 0 Å². The Morgan fingerprint density at radius 3 is 1.55 bits per heavy atom. The standard InChI is InChI=1S/C23H23F3N2O/c24-23(25,26)22(29,17-27)20-11-13-21(14-12-20)28(15-18-7-3-1-4-8-18)16-19-9-5-2-6-10-19/h1-14,29H,15-17,27H2. The van der Waals surface area contributed by atoms with Gasteiger partial charge in [-0.2, -0.15) is 13.2 Å². The van der Waals surface area contributed by atoms with E-state index in [2.05, 4.69) is 4.90 Å². The van der Waals surface area contributed by atoms with Crippen molar-refractivity contribution < 1.29 is 18.3 Å². The lowest BCUT2D eigenvalue weighted by Gasteiger charge is -2.30. The summed E-state index contributed by atoms with van der Waals surface area (Å²) >= 11 is 0. The third-order valence-electron chi connectivity index (χ3n) is 4.91. The van der Waals surface area contributed by atoms with Crippen molar-refractivity contribution in [1.82, 2.24) is 0 Å². The molecule has 0 saturated heterocycles. The molecule has 0 aliphatic heterocycles. The van der Waals surface area contributed by atoms with Crippen molar-refractivity contribution in [2.24, 2.45) is 5.73 Å². The lowest BCUT2D eigenvalue weighted by Crippen LogP contribution is -2.48. The molecule has 3 nitrogen and oxygen atoms in total. The van der Waals surface area contributed by atoms with Crippen molar-refractivity contribution in [3.63, 3.8) is 0 Å². The van der Waals surface area contributed by atoms with Crippen LogP contribution in [0.2, 0.25) is 0 Å². The first-order valence-electron chi connectivity index (χ1n) is 9.26. The first-order valence-corrected chi connectivity index (χ1v) is 9.26. The summed E-state index contributed by atoms with van der Waals surface area (Å²) in [6.07, 6.45) is -4.85. The largest absolute Gasteiger partial charge is 0.422 e. The second-order valence-electron chi connectivity index (χ2n) is 6.94. The van der Waals surface area contributed by atoms with E-state index in [1.807, 2.05) is 60.7 Å². The quantitative estimate of drug-likeness (QED) is 0.609. The zero-order valence-electron chi connectivity index (χ0n) is 15.8. The molecule has 6 heteroatoms. The topological polar surface area (TPSA) is 49.5 Å². The molecular formula is C23H23F3N2O. The number of nitrogens with zero attached hydrogens (tertiary/aromatic N) is 1. The Morgan fingerprint density at radius 1 is 0.724 bits per heavy atom. The van der Waals surface area contributed by atoms with Crippen LogP contribution in [0.4, 0.5) is 18.9 Å². The minimum absolute atomic E-state index is 0.268. The third-order valence-corrected chi connectivity index (χ3v) is 4.91. The minimum atomic E-state index is -4.85. The predicted molar refractivity (Wildman–Crippen MR) is 108 cm³/mol. The molecule has 1 unspecified atom stereocenters. The van der Waals surface area contributed by atoms with E-state index in [-0.39, 0.29) is 5.56 Å². The fourth-order valence-corrected chi connectivity index (χ4v) is 3.19. The van der Waals surface area contributed by atoms with E-state index in [1.165, 1.54) is 12.1 Å². The summed E-state index contributed by atoms with van der Waals surface area (Å²) in [5.74, 6) is 0. The first-order chi connectivity index (χ1) is 13.8. The van der Waals surface area contributed by atoms with Crippen molar-refractivity contribution in [3.05, 3.63) is 102 Å². The highest BCUT2D eigenvalue weighted by molar-refractivity contribution is 5.50. The molecule has 0 amide bonds. The lowest BCUT2D eigenvalue weighted by molar-refractivity contribution is -0.262. The SMILES string of the molecule is NCC(O)(c1ccc(N(Cc2ccccc2)Cc2ccccc2)cc1)C(F)(F)F. The van der Waals surface area contributed by atoms with E-state index < -0.39 is 18.3 Å². The van der Waals surface area contributed by atoms with Gasteiger partial charge in [-0.3, -0.25) is 0 Å². The molecular weight excluding hydrogens is 377 g/mol. The van der Waals surface area contributed by atoms with Crippen molar-refractivity contribution >= 4 is 5.69 Å².